The Morgan fingerprint density at radius 2 is 2.08 bits per heavy atom. The average Bonchev–Trinajstić information content (AvgIpc) is 3.41. The van der Waals surface area contributed by atoms with Crippen LogP contribution in [-0.4, -0.2) is 29.4 Å². The van der Waals surface area contributed by atoms with Gasteiger partial charge in [0.2, 0.25) is 5.91 Å². The monoisotopic (exact) mass is 327 g/mol. The maximum Gasteiger partial charge on any atom is 0.234 e. The zero-order valence-electron chi connectivity index (χ0n) is 13.8. The first-order chi connectivity index (χ1) is 11.6. The van der Waals surface area contributed by atoms with Gasteiger partial charge in [-0.25, -0.2) is 4.39 Å². The number of likely N-dealkylation sites (N-methyl/N-ethyl adjacent to an activating group) is 1. The first-order valence-electron chi connectivity index (χ1n) is 8.25. The van der Waals surface area contributed by atoms with Crippen molar-refractivity contribution in [2.24, 2.45) is 5.92 Å². The number of benzene rings is 1. The molecule has 3 rings (SSSR count). The smallest absolute Gasteiger partial charge is 0.234 e. The average molecular weight is 327 g/mol. The molecule has 1 N–H and O–H groups in total. The molecule has 1 unspecified atom stereocenters. The Labute approximate surface area is 141 Å². The minimum atomic E-state index is -0.231. The van der Waals surface area contributed by atoms with E-state index in [4.69, 9.17) is 0 Å². The van der Waals surface area contributed by atoms with E-state index >= 15 is 0 Å². The van der Waals surface area contributed by atoms with Gasteiger partial charge in [0.25, 0.3) is 0 Å². The van der Waals surface area contributed by atoms with Crippen LogP contribution in [0.4, 0.5) is 4.39 Å². The van der Waals surface area contributed by atoms with Gasteiger partial charge in [-0.3, -0.25) is 14.7 Å². The van der Waals surface area contributed by atoms with E-state index in [0.29, 0.717) is 19.0 Å². The molecule has 1 saturated carbocycles. The highest BCUT2D eigenvalue weighted by molar-refractivity contribution is 5.78. The van der Waals surface area contributed by atoms with Crippen LogP contribution in [0.3, 0.4) is 0 Å². The predicted octanol–water partition coefficient (Wildman–Crippen LogP) is 2.92. The van der Waals surface area contributed by atoms with Crippen LogP contribution in [0.2, 0.25) is 0 Å². The van der Waals surface area contributed by atoms with E-state index in [1.807, 2.05) is 31.3 Å². The Morgan fingerprint density at radius 1 is 1.33 bits per heavy atom. The van der Waals surface area contributed by atoms with Crippen molar-refractivity contribution in [2.45, 2.75) is 25.4 Å². The summed E-state index contributed by atoms with van der Waals surface area (Å²) in [6.45, 7) is 0.796. The largest absolute Gasteiger partial charge is 0.351 e. The van der Waals surface area contributed by atoms with Crippen molar-refractivity contribution < 1.29 is 9.18 Å². The van der Waals surface area contributed by atoms with E-state index in [2.05, 4.69) is 15.2 Å². The fourth-order valence-electron chi connectivity index (χ4n) is 3.04. The maximum atomic E-state index is 13.2. The molecule has 0 aliphatic heterocycles. The summed E-state index contributed by atoms with van der Waals surface area (Å²) in [6.07, 6.45) is 5.77. The summed E-state index contributed by atoms with van der Waals surface area (Å²) in [4.78, 5) is 18.3. The number of nitrogens with one attached hydrogen (secondary N) is 1. The summed E-state index contributed by atoms with van der Waals surface area (Å²) >= 11 is 0. The second kappa shape index (κ2) is 7.53. The van der Waals surface area contributed by atoms with E-state index in [1.165, 1.54) is 12.1 Å². The summed E-state index contributed by atoms with van der Waals surface area (Å²) in [5.74, 6) is 0.297. The van der Waals surface area contributed by atoms with Crippen LogP contribution in [0.1, 0.15) is 30.0 Å². The number of carbonyl (C=O) groups excluding carboxylic acids is 1. The van der Waals surface area contributed by atoms with Crippen molar-refractivity contribution in [3.63, 3.8) is 0 Å². The van der Waals surface area contributed by atoms with E-state index in [1.54, 1.807) is 12.4 Å². The van der Waals surface area contributed by atoms with Crippen molar-refractivity contribution >= 4 is 5.91 Å². The lowest BCUT2D eigenvalue weighted by molar-refractivity contribution is -0.122. The molecule has 0 radical (unpaired) electrons. The van der Waals surface area contributed by atoms with Crippen molar-refractivity contribution in [1.82, 2.24) is 15.2 Å². The summed E-state index contributed by atoms with van der Waals surface area (Å²) in [6, 6.07) is 10.6. The SMILES string of the molecule is CN(CC(=O)NCc1cccnc1)C(c1ccc(F)cc1)C1CC1. The van der Waals surface area contributed by atoms with Gasteiger partial charge in [-0.2, -0.15) is 0 Å². The van der Waals surface area contributed by atoms with E-state index in [9.17, 15) is 9.18 Å². The van der Waals surface area contributed by atoms with Crippen molar-refractivity contribution in [1.29, 1.82) is 0 Å². The minimum absolute atomic E-state index is 0.0193. The fraction of sp³-hybridized carbons (Fsp3) is 0.368. The third-order valence-electron chi connectivity index (χ3n) is 4.36. The molecule has 1 aliphatic carbocycles. The molecule has 1 aliphatic rings. The lowest BCUT2D eigenvalue weighted by Crippen LogP contribution is -2.37. The van der Waals surface area contributed by atoms with Crippen LogP contribution in [-0.2, 0) is 11.3 Å². The van der Waals surface area contributed by atoms with Crippen LogP contribution < -0.4 is 5.32 Å². The number of halogens is 1. The molecule has 1 heterocycles. The first-order valence-corrected chi connectivity index (χ1v) is 8.25. The van der Waals surface area contributed by atoms with Crippen LogP contribution in [0.25, 0.3) is 0 Å². The zero-order chi connectivity index (χ0) is 16.9. The van der Waals surface area contributed by atoms with E-state index in [-0.39, 0.29) is 17.8 Å². The molecule has 2 aromatic rings. The second-order valence-corrected chi connectivity index (χ2v) is 6.39. The highest BCUT2D eigenvalue weighted by Gasteiger charge is 2.35. The Bertz CT molecular complexity index is 671. The lowest BCUT2D eigenvalue weighted by Gasteiger charge is -2.28. The van der Waals surface area contributed by atoms with Gasteiger partial charge in [0.1, 0.15) is 5.82 Å². The number of pyridine rings is 1. The third kappa shape index (κ3) is 4.38. The Hall–Kier alpha value is -2.27. The molecular weight excluding hydrogens is 305 g/mol. The molecule has 0 bridgehead atoms. The van der Waals surface area contributed by atoms with E-state index in [0.717, 1.165) is 24.0 Å². The van der Waals surface area contributed by atoms with Gasteiger partial charge in [-0.15, -0.1) is 0 Å². The topological polar surface area (TPSA) is 45.2 Å². The zero-order valence-corrected chi connectivity index (χ0v) is 13.8. The number of nitrogens with zero attached hydrogens (tertiary/aromatic N) is 2. The molecule has 1 aromatic heterocycles. The second-order valence-electron chi connectivity index (χ2n) is 6.39. The standard InChI is InChI=1S/C19H22FN3O/c1-23(13-18(24)22-12-14-3-2-10-21-11-14)19(15-4-5-15)16-6-8-17(20)9-7-16/h2-3,6-11,15,19H,4-5,12-13H2,1H3,(H,22,24). The molecule has 1 fully saturated rings. The molecule has 0 saturated heterocycles. The lowest BCUT2D eigenvalue weighted by atomic mass is 10.0. The highest BCUT2D eigenvalue weighted by atomic mass is 19.1. The number of aromatic nitrogens is 1. The van der Waals surface area contributed by atoms with Gasteiger partial charge < -0.3 is 5.32 Å². The number of amides is 1. The summed E-state index contributed by atoms with van der Waals surface area (Å²) in [5, 5.41) is 2.92. The van der Waals surface area contributed by atoms with E-state index < -0.39 is 0 Å². The molecule has 1 amide bonds. The Morgan fingerprint density at radius 3 is 2.71 bits per heavy atom. The molecular formula is C19H22FN3O. The highest BCUT2D eigenvalue weighted by Crippen LogP contribution is 2.43. The van der Waals surface area contributed by atoms with Crippen molar-refractivity contribution in [3.8, 4) is 0 Å². The van der Waals surface area contributed by atoms with Crippen LogP contribution >= 0.6 is 0 Å². The van der Waals surface area contributed by atoms with Crippen LogP contribution in [0.5, 0.6) is 0 Å². The molecule has 0 spiro atoms. The van der Waals surface area contributed by atoms with Gasteiger partial charge in [0.05, 0.1) is 6.54 Å². The summed E-state index contributed by atoms with van der Waals surface area (Å²) in [5.41, 5.74) is 2.05. The number of hydrogen-bond donors (Lipinski definition) is 1. The van der Waals surface area contributed by atoms with Crippen LogP contribution in [0.15, 0.2) is 48.8 Å². The fourth-order valence-corrected chi connectivity index (χ4v) is 3.04. The molecule has 4 nitrogen and oxygen atoms in total. The number of hydrogen-bond acceptors (Lipinski definition) is 3. The number of carbonyl (C=O) groups is 1. The molecule has 1 aromatic carbocycles. The van der Waals surface area contributed by atoms with Gasteiger partial charge >= 0.3 is 0 Å². The molecule has 1 atom stereocenters. The summed E-state index contributed by atoms with van der Waals surface area (Å²) in [7, 11) is 1.95. The molecule has 126 valence electrons. The number of rotatable bonds is 7. The normalized spacial score (nSPS) is 15.3. The molecule has 5 heteroatoms. The van der Waals surface area contributed by atoms with Gasteiger partial charge in [0.15, 0.2) is 0 Å². The van der Waals surface area contributed by atoms with Gasteiger partial charge in [-0.1, -0.05) is 18.2 Å². The maximum absolute atomic E-state index is 13.2. The van der Waals surface area contributed by atoms with Crippen molar-refractivity contribution in [3.05, 3.63) is 65.7 Å². The van der Waals surface area contributed by atoms with Crippen LogP contribution in [0, 0.1) is 11.7 Å². The van der Waals surface area contributed by atoms with Gasteiger partial charge in [0, 0.05) is 25.0 Å². The predicted molar refractivity (Wildman–Crippen MR) is 90.6 cm³/mol. The van der Waals surface area contributed by atoms with Gasteiger partial charge in [-0.05, 0) is 55.1 Å². The third-order valence-corrected chi connectivity index (χ3v) is 4.36. The molecule has 24 heavy (non-hydrogen) atoms. The quantitative estimate of drug-likeness (QED) is 0.850. The minimum Gasteiger partial charge on any atom is -0.351 e. The Kier molecular flexibility index (Phi) is 5.20. The Balaban J connectivity index is 1.58. The first kappa shape index (κ1) is 16.6. The van der Waals surface area contributed by atoms with Crippen molar-refractivity contribution in [2.75, 3.05) is 13.6 Å². The summed E-state index contributed by atoms with van der Waals surface area (Å²) < 4.78 is 13.2.